The second-order valence-corrected chi connectivity index (χ2v) is 11.3. The molecule has 45 heavy (non-hydrogen) atoms. The molecule has 0 N–H and O–H groups in total. The number of hydrogen-bond donors (Lipinski definition) is 0. The monoisotopic (exact) mass is 575 g/mol. The SMILES string of the molecule is c1ccc(-c2ccc3cc(-c4nc(-c5ccc6ccccc6c5)nc(-c5ccc6oc7ccccc7c6c5)n4)ccc3c2)cc1. The highest BCUT2D eigenvalue weighted by molar-refractivity contribution is 6.06. The largest absolute Gasteiger partial charge is 0.456 e. The van der Waals surface area contributed by atoms with Crippen molar-refractivity contribution in [3.8, 4) is 45.3 Å². The van der Waals surface area contributed by atoms with Crippen LogP contribution in [0.15, 0.2) is 156 Å². The third-order valence-electron chi connectivity index (χ3n) is 8.48. The Morgan fingerprint density at radius 1 is 0.311 bits per heavy atom. The van der Waals surface area contributed by atoms with E-state index in [1.807, 2.05) is 36.4 Å². The molecule has 210 valence electrons. The van der Waals surface area contributed by atoms with Gasteiger partial charge >= 0.3 is 0 Å². The molecule has 0 atom stereocenters. The zero-order chi connectivity index (χ0) is 29.7. The standard InChI is InChI=1S/C41H25N3O/c1-2-8-26(9-3-1)29-15-16-31-24-33(19-17-30(31)22-29)40-42-39(32-18-14-27-10-4-5-11-28(27)23-32)43-41(44-40)34-20-21-38-36(25-34)35-12-6-7-13-37(35)45-38/h1-25H. The fraction of sp³-hybridized carbons (Fsp3) is 0. The van der Waals surface area contributed by atoms with Crippen molar-refractivity contribution in [3.05, 3.63) is 152 Å². The molecule has 0 amide bonds. The van der Waals surface area contributed by atoms with Gasteiger partial charge in [0.25, 0.3) is 0 Å². The van der Waals surface area contributed by atoms with E-state index < -0.39 is 0 Å². The number of fused-ring (bicyclic) bond motifs is 5. The molecule has 4 heteroatoms. The Morgan fingerprint density at radius 3 is 1.53 bits per heavy atom. The van der Waals surface area contributed by atoms with Gasteiger partial charge in [0.2, 0.25) is 0 Å². The van der Waals surface area contributed by atoms with Crippen molar-refractivity contribution in [3.63, 3.8) is 0 Å². The summed E-state index contributed by atoms with van der Waals surface area (Å²) in [6.07, 6.45) is 0. The predicted molar refractivity (Wildman–Crippen MR) is 184 cm³/mol. The second-order valence-electron chi connectivity index (χ2n) is 11.3. The second kappa shape index (κ2) is 10.2. The molecule has 0 saturated carbocycles. The lowest BCUT2D eigenvalue weighted by molar-refractivity contribution is 0.669. The average Bonchev–Trinajstić information content (AvgIpc) is 3.49. The first kappa shape index (κ1) is 25.4. The topological polar surface area (TPSA) is 51.8 Å². The number of hydrogen-bond acceptors (Lipinski definition) is 4. The summed E-state index contributed by atoms with van der Waals surface area (Å²) in [5.41, 5.74) is 6.90. The van der Waals surface area contributed by atoms with Crippen LogP contribution in [0.25, 0.3) is 88.8 Å². The molecule has 9 aromatic rings. The Bertz CT molecular complexity index is 2550. The van der Waals surface area contributed by atoms with Gasteiger partial charge in [0, 0.05) is 27.5 Å². The van der Waals surface area contributed by atoms with Crippen molar-refractivity contribution in [2.24, 2.45) is 0 Å². The minimum Gasteiger partial charge on any atom is -0.456 e. The summed E-state index contributed by atoms with van der Waals surface area (Å²) in [5.74, 6) is 1.89. The molecule has 0 radical (unpaired) electrons. The van der Waals surface area contributed by atoms with E-state index in [1.54, 1.807) is 0 Å². The molecule has 0 aliphatic carbocycles. The molecule has 0 aliphatic rings. The third kappa shape index (κ3) is 4.52. The minimum atomic E-state index is 0.620. The summed E-state index contributed by atoms with van der Waals surface area (Å²) < 4.78 is 6.09. The number of nitrogens with zero attached hydrogens (tertiary/aromatic N) is 3. The summed E-state index contributed by atoms with van der Waals surface area (Å²) >= 11 is 0. The van der Waals surface area contributed by atoms with Crippen LogP contribution in [0.2, 0.25) is 0 Å². The summed E-state index contributed by atoms with van der Waals surface area (Å²) in [6, 6.07) is 52.4. The van der Waals surface area contributed by atoms with Gasteiger partial charge in [-0.15, -0.1) is 0 Å². The van der Waals surface area contributed by atoms with Gasteiger partial charge in [-0.3, -0.25) is 0 Å². The van der Waals surface area contributed by atoms with Gasteiger partial charge in [-0.2, -0.15) is 0 Å². The Kier molecular flexibility index (Phi) is 5.78. The fourth-order valence-electron chi connectivity index (χ4n) is 6.15. The van der Waals surface area contributed by atoms with Crippen LogP contribution in [0.1, 0.15) is 0 Å². The number of rotatable bonds is 4. The smallest absolute Gasteiger partial charge is 0.164 e. The van der Waals surface area contributed by atoms with E-state index in [-0.39, 0.29) is 0 Å². The van der Waals surface area contributed by atoms with Crippen molar-refractivity contribution >= 4 is 43.5 Å². The van der Waals surface area contributed by atoms with Gasteiger partial charge in [-0.05, 0) is 75.1 Å². The zero-order valence-corrected chi connectivity index (χ0v) is 24.2. The summed E-state index contributed by atoms with van der Waals surface area (Å²) in [6.45, 7) is 0. The molecule has 2 aromatic heterocycles. The van der Waals surface area contributed by atoms with E-state index in [2.05, 4.69) is 115 Å². The summed E-state index contributed by atoms with van der Waals surface area (Å²) in [7, 11) is 0. The van der Waals surface area contributed by atoms with Crippen molar-refractivity contribution < 1.29 is 4.42 Å². The maximum Gasteiger partial charge on any atom is 0.164 e. The molecule has 2 heterocycles. The highest BCUT2D eigenvalue weighted by Crippen LogP contribution is 2.34. The van der Waals surface area contributed by atoms with E-state index in [9.17, 15) is 0 Å². The van der Waals surface area contributed by atoms with Crippen LogP contribution in [0.4, 0.5) is 0 Å². The van der Waals surface area contributed by atoms with Crippen LogP contribution in [-0.4, -0.2) is 15.0 Å². The number of benzene rings is 7. The van der Waals surface area contributed by atoms with Crippen molar-refractivity contribution in [2.45, 2.75) is 0 Å². The van der Waals surface area contributed by atoms with Gasteiger partial charge in [0.1, 0.15) is 11.2 Å². The normalized spacial score (nSPS) is 11.6. The molecule has 0 unspecified atom stereocenters. The summed E-state index contributed by atoms with van der Waals surface area (Å²) in [4.78, 5) is 15.1. The molecule has 0 fully saturated rings. The Morgan fingerprint density at radius 2 is 0.800 bits per heavy atom. The van der Waals surface area contributed by atoms with E-state index in [0.29, 0.717) is 17.5 Å². The third-order valence-corrected chi connectivity index (χ3v) is 8.48. The van der Waals surface area contributed by atoms with Crippen molar-refractivity contribution in [1.82, 2.24) is 15.0 Å². The van der Waals surface area contributed by atoms with E-state index in [4.69, 9.17) is 19.4 Å². The number of para-hydroxylation sites is 1. The zero-order valence-electron chi connectivity index (χ0n) is 24.2. The molecular formula is C41H25N3O. The molecule has 0 spiro atoms. The van der Waals surface area contributed by atoms with Gasteiger partial charge in [0.15, 0.2) is 17.5 Å². The van der Waals surface area contributed by atoms with E-state index in [1.165, 1.54) is 21.9 Å². The molecular weight excluding hydrogens is 550 g/mol. The van der Waals surface area contributed by atoms with Crippen LogP contribution in [0, 0.1) is 0 Å². The van der Waals surface area contributed by atoms with E-state index in [0.717, 1.165) is 49.4 Å². The van der Waals surface area contributed by atoms with Crippen LogP contribution in [0.3, 0.4) is 0 Å². The van der Waals surface area contributed by atoms with Crippen molar-refractivity contribution in [1.29, 1.82) is 0 Å². The van der Waals surface area contributed by atoms with Gasteiger partial charge in [-0.1, -0.05) is 109 Å². The van der Waals surface area contributed by atoms with Crippen LogP contribution in [-0.2, 0) is 0 Å². The molecule has 9 rings (SSSR count). The minimum absolute atomic E-state index is 0.620. The molecule has 7 aromatic carbocycles. The Hall–Kier alpha value is -6.13. The van der Waals surface area contributed by atoms with Gasteiger partial charge < -0.3 is 4.42 Å². The first-order valence-corrected chi connectivity index (χ1v) is 15.0. The van der Waals surface area contributed by atoms with Crippen LogP contribution in [0.5, 0.6) is 0 Å². The highest BCUT2D eigenvalue weighted by atomic mass is 16.3. The summed E-state index contributed by atoms with van der Waals surface area (Å²) in [5, 5.41) is 6.73. The first-order valence-electron chi connectivity index (χ1n) is 15.0. The predicted octanol–water partition coefficient (Wildman–Crippen LogP) is 10.7. The maximum atomic E-state index is 6.09. The Labute approximate surface area is 259 Å². The van der Waals surface area contributed by atoms with Crippen LogP contribution >= 0.6 is 0 Å². The van der Waals surface area contributed by atoms with Gasteiger partial charge in [0.05, 0.1) is 0 Å². The number of aromatic nitrogens is 3. The molecule has 0 saturated heterocycles. The maximum absolute atomic E-state index is 6.09. The lowest BCUT2D eigenvalue weighted by atomic mass is 10.00. The lowest BCUT2D eigenvalue weighted by Crippen LogP contribution is -2.00. The molecule has 4 nitrogen and oxygen atoms in total. The number of furan rings is 1. The van der Waals surface area contributed by atoms with Crippen LogP contribution < -0.4 is 0 Å². The Balaban J connectivity index is 1.21. The molecule has 0 bridgehead atoms. The van der Waals surface area contributed by atoms with Crippen molar-refractivity contribution in [2.75, 3.05) is 0 Å². The lowest BCUT2D eigenvalue weighted by Gasteiger charge is -2.10. The molecule has 0 aliphatic heterocycles. The van der Waals surface area contributed by atoms with Gasteiger partial charge in [-0.25, -0.2) is 15.0 Å². The first-order chi connectivity index (χ1) is 22.2. The van der Waals surface area contributed by atoms with E-state index >= 15 is 0 Å². The quantitative estimate of drug-likeness (QED) is 0.209. The average molecular weight is 576 g/mol. The fourth-order valence-corrected chi connectivity index (χ4v) is 6.15. The highest BCUT2D eigenvalue weighted by Gasteiger charge is 2.15.